The molecule has 154 valence electrons. The molecule has 1 aliphatic heterocycles. The van der Waals surface area contributed by atoms with Gasteiger partial charge >= 0.3 is 19.4 Å². The average molecular weight is 401 g/mol. The maximum Gasteiger partial charge on any atom is 0.412 e. The van der Waals surface area contributed by atoms with Crippen LogP contribution in [0.2, 0.25) is 0 Å². The Morgan fingerprint density at radius 2 is 1.73 bits per heavy atom. The minimum absolute atomic E-state index is 0.139. The molecule has 1 heterocycles. The van der Waals surface area contributed by atoms with Crippen molar-refractivity contribution in [3.05, 3.63) is 0 Å². The maximum atomic E-state index is 14.8. The van der Waals surface area contributed by atoms with Crippen molar-refractivity contribution in [2.24, 2.45) is 0 Å². The van der Waals surface area contributed by atoms with Crippen LogP contribution in [0.5, 0.6) is 0 Å². The normalized spacial score (nSPS) is 21.1. The molecule has 10 heteroatoms. The van der Waals surface area contributed by atoms with Crippen molar-refractivity contribution in [2.45, 2.75) is 77.9 Å². The summed E-state index contributed by atoms with van der Waals surface area (Å²) in [6.07, 6.45) is -1.70. The number of hydrogen-bond acceptors (Lipinski definition) is 6. The average Bonchev–Trinajstić information content (AvgIpc) is 2.71. The lowest BCUT2D eigenvalue weighted by molar-refractivity contribution is -0.0660. The molecule has 0 saturated carbocycles. The molecular formula is C16H30F2NO6P. The van der Waals surface area contributed by atoms with E-state index in [1.54, 1.807) is 34.6 Å². The second-order valence-corrected chi connectivity index (χ2v) is 9.63. The highest BCUT2D eigenvalue weighted by atomic mass is 31.2. The van der Waals surface area contributed by atoms with Gasteiger partial charge in [-0.05, 0) is 48.5 Å². The summed E-state index contributed by atoms with van der Waals surface area (Å²) in [7, 11) is -4.68. The van der Waals surface area contributed by atoms with Gasteiger partial charge in [0.05, 0.1) is 25.9 Å². The Morgan fingerprint density at radius 3 is 2.15 bits per heavy atom. The molecule has 1 fully saturated rings. The van der Waals surface area contributed by atoms with Crippen LogP contribution in [0.15, 0.2) is 0 Å². The molecule has 26 heavy (non-hydrogen) atoms. The Bertz CT molecular complexity index is 539. The number of carbonyl (C=O) groups is 1. The van der Waals surface area contributed by atoms with E-state index >= 15 is 0 Å². The van der Waals surface area contributed by atoms with Gasteiger partial charge in [0.25, 0.3) is 0 Å². The smallest absolute Gasteiger partial charge is 0.412 e. The summed E-state index contributed by atoms with van der Waals surface area (Å²) in [4.78, 5) is 13.6. The van der Waals surface area contributed by atoms with E-state index in [1.807, 2.05) is 0 Å². The van der Waals surface area contributed by atoms with E-state index in [1.165, 1.54) is 13.8 Å². The third-order valence-electron chi connectivity index (χ3n) is 3.64. The number of rotatable bonds is 7. The lowest BCUT2D eigenvalue weighted by Gasteiger charge is -2.36. The number of halogens is 2. The minimum Gasteiger partial charge on any atom is -0.444 e. The standard InChI is InChI=1S/C16H30F2NO6P/c1-8-23-26(21,24-9-2)16(17,18)10-12-11-22-15(6,7)19(12)13(20)25-14(3,4)5/h12H,8-11H2,1-7H3/t12-/m0/s1. The van der Waals surface area contributed by atoms with Gasteiger partial charge in [0.15, 0.2) is 0 Å². The van der Waals surface area contributed by atoms with Crippen molar-refractivity contribution in [3.8, 4) is 0 Å². The lowest BCUT2D eigenvalue weighted by Crippen LogP contribution is -2.51. The van der Waals surface area contributed by atoms with Crippen LogP contribution < -0.4 is 0 Å². The van der Waals surface area contributed by atoms with Crippen LogP contribution in [0.1, 0.15) is 54.9 Å². The van der Waals surface area contributed by atoms with Crippen LogP contribution in [-0.4, -0.2) is 53.8 Å². The number of amides is 1. The fourth-order valence-electron chi connectivity index (χ4n) is 2.68. The van der Waals surface area contributed by atoms with Gasteiger partial charge in [-0.1, -0.05) is 0 Å². The highest BCUT2D eigenvalue weighted by molar-refractivity contribution is 7.55. The number of nitrogens with zero attached hydrogens (tertiary/aromatic N) is 1. The predicted molar refractivity (Wildman–Crippen MR) is 92.3 cm³/mol. The summed E-state index contributed by atoms with van der Waals surface area (Å²) in [6.45, 7) is 10.6. The van der Waals surface area contributed by atoms with Crippen molar-refractivity contribution in [3.63, 3.8) is 0 Å². The molecule has 0 unspecified atom stereocenters. The number of hydrogen-bond donors (Lipinski definition) is 0. The minimum atomic E-state index is -4.68. The van der Waals surface area contributed by atoms with Crippen LogP contribution >= 0.6 is 7.60 Å². The van der Waals surface area contributed by atoms with Gasteiger partial charge in [-0.3, -0.25) is 9.46 Å². The van der Waals surface area contributed by atoms with E-state index in [2.05, 4.69) is 0 Å². The molecule has 1 aliphatic rings. The molecule has 7 nitrogen and oxygen atoms in total. The van der Waals surface area contributed by atoms with Crippen molar-refractivity contribution in [1.29, 1.82) is 0 Å². The van der Waals surface area contributed by atoms with Crippen LogP contribution in [0.4, 0.5) is 13.6 Å². The molecule has 0 aromatic carbocycles. The van der Waals surface area contributed by atoms with Crippen LogP contribution in [0, 0.1) is 0 Å². The van der Waals surface area contributed by atoms with E-state index in [9.17, 15) is 18.1 Å². The van der Waals surface area contributed by atoms with E-state index in [-0.39, 0.29) is 19.8 Å². The highest BCUT2D eigenvalue weighted by Gasteiger charge is 2.58. The molecule has 0 N–H and O–H groups in total. The van der Waals surface area contributed by atoms with Crippen molar-refractivity contribution < 1.29 is 36.7 Å². The SMILES string of the molecule is CCOP(=O)(OCC)C(F)(F)C[C@H]1COC(C)(C)N1C(=O)OC(C)(C)C. The largest absolute Gasteiger partial charge is 0.444 e. The molecule has 0 aromatic rings. The maximum absolute atomic E-state index is 14.8. The summed E-state index contributed by atoms with van der Waals surface area (Å²) in [5.41, 5.74) is -5.72. The predicted octanol–water partition coefficient (Wildman–Crippen LogP) is 4.61. The van der Waals surface area contributed by atoms with Gasteiger partial charge in [0.2, 0.25) is 0 Å². The molecular weight excluding hydrogens is 371 g/mol. The third kappa shape index (κ3) is 5.38. The summed E-state index contributed by atoms with van der Waals surface area (Å²) in [5.74, 6) is 0. The van der Waals surface area contributed by atoms with Gasteiger partial charge in [-0.15, -0.1) is 0 Å². The van der Waals surface area contributed by atoms with Gasteiger partial charge in [-0.25, -0.2) is 4.79 Å². The lowest BCUT2D eigenvalue weighted by atomic mass is 10.1. The highest BCUT2D eigenvalue weighted by Crippen LogP contribution is 2.64. The Kier molecular flexibility index (Phi) is 7.24. The van der Waals surface area contributed by atoms with Gasteiger partial charge in [0.1, 0.15) is 11.3 Å². The van der Waals surface area contributed by atoms with Gasteiger partial charge in [-0.2, -0.15) is 8.78 Å². The first-order chi connectivity index (χ1) is 11.7. The molecule has 1 atom stereocenters. The molecule has 1 amide bonds. The number of carbonyl (C=O) groups excluding carboxylic acids is 1. The third-order valence-corrected chi connectivity index (χ3v) is 5.82. The van der Waals surface area contributed by atoms with Crippen molar-refractivity contribution in [1.82, 2.24) is 4.90 Å². The molecule has 0 aliphatic carbocycles. The zero-order valence-electron chi connectivity index (χ0n) is 16.5. The molecule has 1 rings (SSSR count). The van der Waals surface area contributed by atoms with E-state index < -0.39 is 43.1 Å². The van der Waals surface area contributed by atoms with E-state index in [0.29, 0.717) is 0 Å². The molecule has 0 radical (unpaired) electrons. The molecule has 0 bridgehead atoms. The monoisotopic (exact) mass is 401 g/mol. The fourth-order valence-corrected chi connectivity index (χ4v) is 4.24. The zero-order valence-corrected chi connectivity index (χ0v) is 17.4. The van der Waals surface area contributed by atoms with Gasteiger partial charge in [0, 0.05) is 6.42 Å². The molecule has 1 saturated heterocycles. The summed E-state index contributed by atoms with van der Waals surface area (Å²) in [5, 5.41) is 0. The number of alkyl halides is 2. The van der Waals surface area contributed by atoms with E-state index in [4.69, 9.17) is 18.5 Å². The van der Waals surface area contributed by atoms with Crippen LogP contribution in [0.25, 0.3) is 0 Å². The first-order valence-electron chi connectivity index (χ1n) is 8.62. The Labute approximate surface area is 153 Å². The second kappa shape index (κ2) is 8.09. The Hall–Kier alpha value is -0.760. The van der Waals surface area contributed by atoms with Crippen molar-refractivity contribution >= 4 is 13.7 Å². The quantitative estimate of drug-likeness (QED) is 0.580. The summed E-state index contributed by atoms with van der Waals surface area (Å²) in [6, 6.07) is -1.04. The summed E-state index contributed by atoms with van der Waals surface area (Å²) >= 11 is 0. The first-order valence-corrected chi connectivity index (χ1v) is 10.2. The topological polar surface area (TPSA) is 74.3 Å². The van der Waals surface area contributed by atoms with E-state index in [0.717, 1.165) is 4.90 Å². The van der Waals surface area contributed by atoms with Crippen LogP contribution in [0.3, 0.4) is 0 Å². The fraction of sp³-hybridized carbons (Fsp3) is 0.938. The second-order valence-electron chi connectivity index (χ2n) is 7.46. The van der Waals surface area contributed by atoms with Crippen molar-refractivity contribution in [2.75, 3.05) is 19.8 Å². The Morgan fingerprint density at radius 1 is 1.23 bits per heavy atom. The molecule has 0 spiro atoms. The Balaban J connectivity index is 3.08. The zero-order chi connectivity index (χ0) is 20.4. The molecule has 0 aromatic heterocycles. The number of ether oxygens (including phenoxy) is 2. The first kappa shape index (κ1) is 23.3. The summed E-state index contributed by atoms with van der Waals surface area (Å²) < 4.78 is 62.4. The van der Waals surface area contributed by atoms with Gasteiger partial charge < -0.3 is 18.5 Å². The van der Waals surface area contributed by atoms with Crippen LogP contribution in [-0.2, 0) is 23.1 Å².